The van der Waals surface area contributed by atoms with Gasteiger partial charge in [-0.1, -0.05) is 39.0 Å². The molecule has 2 aromatic carbocycles. The smallest absolute Gasteiger partial charge is 0.335 e. The predicted molar refractivity (Wildman–Crippen MR) is 114 cm³/mol. The van der Waals surface area contributed by atoms with Gasteiger partial charge in [0.25, 0.3) is 10.1 Å². The van der Waals surface area contributed by atoms with Gasteiger partial charge in [-0.05, 0) is 48.7 Å². The Labute approximate surface area is 174 Å². The third-order valence-corrected chi connectivity index (χ3v) is 6.00. The number of carbonyl (C=O) groups is 1. The molecule has 0 aliphatic carbocycles. The van der Waals surface area contributed by atoms with E-state index in [0.29, 0.717) is 12.0 Å². The lowest BCUT2D eigenvalue weighted by Crippen LogP contribution is -2.08. The molecule has 7 nitrogen and oxygen atoms in total. The Balaban J connectivity index is 2.11. The van der Waals surface area contributed by atoms with Crippen molar-refractivity contribution in [2.75, 3.05) is 0 Å². The van der Waals surface area contributed by atoms with Crippen molar-refractivity contribution in [3.8, 4) is 0 Å². The van der Waals surface area contributed by atoms with Crippen LogP contribution in [-0.2, 0) is 16.5 Å². The van der Waals surface area contributed by atoms with Gasteiger partial charge in [-0.25, -0.2) is 4.79 Å². The average molecular weight is 432 g/mol. The van der Waals surface area contributed by atoms with E-state index in [1.165, 1.54) is 30.7 Å². The van der Waals surface area contributed by atoms with Crippen molar-refractivity contribution in [3.63, 3.8) is 0 Å². The summed E-state index contributed by atoms with van der Waals surface area (Å²) in [6, 6.07) is 6.39. The third kappa shape index (κ3) is 4.71. The molecule has 3 rings (SSSR count). The normalized spacial score (nSPS) is 11.9. The molecule has 0 atom stereocenters. The molecule has 0 aliphatic heterocycles. The van der Waals surface area contributed by atoms with E-state index in [-0.39, 0.29) is 32.4 Å². The van der Waals surface area contributed by atoms with Crippen LogP contribution in [-0.4, -0.2) is 24.0 Å². The molecule has 0 saturated heterocycles. The molecule has 0 spiro atoms. The highest BCUT2D eigenvalue weighted by atomic mass is 32.2. The monoisotopic (exact) mass is 432 g/mol. The molecule has 0 aliphatic rings. The van der Waals surface area contributed by atoms with Gasteiger partial charge in [0.2, 0.25) is 5.43 Å². The minimum Gasteiger partial charge on any atom is -0.478 e. The second-order valence-corrected chi connectivity index (χ2v) is 8.82. The van der Waals surface area contributed by atoms with Crippen LogP contribution < -0.4 is 5.43 Å². The molecule has 0 unspecified atom stereocenters. The Morgan fingerprint density at radius 2 is 1.70 bits per heavy atom. The number of carboxylic acids is 1. The van der Waals surface area contributed by atoms with E-state index in [0.717, 1.165) is 38.2 Å². The van der Waals surface area contributed by atoms with Gasteiger partial charge in [0.05, 0.1) is 21.2 Å². The SMILES string of the molecule is CCCCCCCCc1cc(S(=O)(=O)O)cc2c(=O)c3cc(C(=O)O)ccc3oc12. The summed E-state index contributed by atoms with van der Waals surface area (Å²) >= 11 is 0. The summed E-state index contributed by atoms with van der Waals surface area (Å²) in [6.45, 7) is 2.14. The molecule has 3 aromatic rings. The van der Waals surface area contributed by atoms with Gasteiger partial charge in [-0.15, -0.1) is 0 Å². The Kier molecular flexibility index (Phi) is 6.58. The summed E-state index contributed by atoms with van der Waals surface area (Å²) in [5.74, 6) is -1.19. The highest BCUT2D eigenvalue weighted by Gasteiger charge is 2.19. The van der Waals surface area contributed by atoms with Gasteiger partial charge in [-0.3, -0.25) is 9.35 Å². The topological polar surface area (TPSA) is 122 Å². The van der Waals surface area contributed by atoms with E-state index in [4.69, 9.17) is 4.42 Å². The van der Waals surface area contributed by atoms with Gasteiger partial charge in [0, 0.05) is 0 Å². The zero-order valence-corrected chi connectivity index (χ0v) is 17.5. The number of hydrogen-bond acceptors (Lipinski definition) is 5. The number of fused-ring (bicyclic) bond motifs is 2. The van der Waals surface area contributed by atoms with Crippen LogP contribution in [0.15, 0.2) is 44.4 Å². The number of rotatable bonds is 9. The molecule has 0 bridgehead atoms. The Morgan fingerprint density at radius 3 is 2.37 bits per heavy atom. The molecule has 2 N–H and O–H groups in total. The van der Waals surface area contributed by atoms with Crippen LogP contribution in [0.2, 0.25) is 0 Å². The molecule has 160 valence electrons. The summed E-state index contributed by atoms with van der Waals surface area (Å²) in [6.07, 6.45) is 6.74. The number of unbranched alkanes of at least 4 members (excludes halogenated alkanes) is 5. The molecule has 0 radical (unpaired) electrons. The number of aromatic carboxylic acids is 1. The van der Waals surface area contributed by atoms with Crippen LogP contribution in [0.3, 0.4) is 0 Å². The summed E-state index contributed by atoms with van der Waals surface area (Å²) in [5, 5.41) is 9.22. The van der Waals surface area contributed by atoms with Crippen molar-refractivity contribution in [1.29, 1.82) is 0 Å². The maximum absolute atomic E-state index is 13.0. The number of benzene rings is 2. The highest BCUT2D eigenvalue weighted by molar-refractivity contribution is 7.85. The summed E-state index contributed by atoms with van der Waals surface area (Å²) in [4.78, 5) is 23.9. The van der Waals surface area contributed by atoms with Gasteiger partial charge < -0.3 is 9.52 Å². The van der Waals surface area contributed by atoms with E-state index in [9.17, 15) is 27.7 Å². The molecule has 0 amide bonds. The minimum atomic E-state index is -4.53. The van der Waals surface area contributed by atoms with Crippen LogP contribution in [0.1, 0.15) is 61.4 Å². The van der Waals surface area contributed by atoms with Gasteiger partial charge >= 0.3 is 5.97 Å². The van der Waals surface area contributed by atoms with Crippen LogP contribution >= 0.6 is 0 Å². The van der Waals surface area contributed by atoms with Crippen LogP contribution in [0.25, 0.3) is 21.9 Å². The standard InChI is InChI=1S/C22H24O7S/c1-2-3-4-5-6-7-8-14-11-16(30(26,27)28)13-18-20(23)17-12-15(22(24)25)9-10-19(17)29-21(14)18/h9-13H,2-8H2,1H3,(H,24,25)(H,26,27,28). The molecular weight excluding hydrogens is 408 g/mol. The largest absolute Gasteiger partial charge is 0.478 e. The van der Waals surface area contributed by atoms with Gasteiger partial charge in [-0.2, -0.15) is 8.42 Å². The molecule has 1 aromatic heterocycles. The summed E-state index contributed by atoms with van der Waals surface area (Å²) in [5.41, 5.74) is 0.395. The van der Waals surface area contributed by atoms with Crippen molar-refractivity contribution in [2.45, 2.75) is 56.8 Å². The first-order chi connectivity index (χ1) is 14.2. The Morgan fingerprint density at radius 1 is 1.00 bits per heavy atom. The second kappa shape index (κ2) is 8.97. The zero-order chi connectivity index (χ0) is 21.9. The van der Waals surface area contributed by atoms with Crippen molar-refractivity contribution >= 4 is 38.0 Å². The van der Waals surface area contributed by atoms with Gasteiger partial charge in [0.1, 0.15) is 11.2 Å². The fourth-order valence-electron chi connectivity index (χ4n) is 3.56. The fourth-order valence-corrected chi connectivity index (χ4v) is 4.12. The molecule has 1 heterocycles. The Hall–Kier alpha value is -2.71. The highest BCUT2D eigenvalue weighted by Crippen LogP contribution is 2.27. The van der Waals surface area contributed by atoms with Crippen molar-refractivity contribution < 1.29 is 27.3 Å². The fraction of sp³-hybridized carbons (Fsp3) is 0.364. The van der Waals surface area contributed by atoms with E-state index in [1.807, 2.05) is 0 Å². The quantitative estimate of drug-likeness (QED) is 0.283. The van der Waals surface area contributed by atoms with Crippen molar-refractivity contribution in [2.24, 2.45) is 0 Å². The van der Waals surface area contributed by atoms with E-state index < -0.39 is 21.5 Å². The minimum absolute atomic E-state index is 0.00106. The van der Waals surface area contributed by atoms with Crippen LogP contribution in [0.4, 0.5) is 0 Å². The third-order valence-electron chi connectivity index (χ3n) is 5.16. The predicted octanol–water partition coefficient (Wildman–Crippen LogP) is 4.79. The average Bonchev–Trinajstić information content (AvgIpc) is 2.69. The first-order valence-corrected chi connectivity index (χ1v) is 11.4. The lowest BCUT2D eigenvalue weighted by atomic mass is 10.0. The maximum atomic E-state index is 13.0. The molecular formula is C22H24O7S. The molecule has 8 heteroatoms. The van der Waals surface area contributed by atoms with E-state index in [1.54, 1.807) is 0 Å². The lowest BCUT2D eigenvalue weighted by molar-refractivity contribution is 0.0697. The molecule has 0 fully saturated rings. The second-order valence-electron chi connectivity index (χ2n) is 7.40. The van der Waals surface area contributed by atoms with Crippen molar-refractivity contribution in [1.82, 2.24) is 0 Å². The summed E-state index contributed by atoms with van der Waals surface area (Å²) in [7, 11) is -4.53. The van der Waals surface area contributed by atoms with E-state index >= 15 is 0 Å². The maximum Gasteiger partial charge on any atom is 0.335 e. The first kappa shape index (κ1) is 22.0. The number of hydrogen-bond donors (Lipinski definition) is 2. The van der Waals surface area contributed by atoms with Crippen LogP contribution in [0, 0.1) is 0 Å². The van der Waals surface area contributed by atoms with Crippen molar-refractivity contribution in [3.05, 3.63) is 51.7 Å². The van der Waals surface area contributed by atoms with Crippen LogP contribution in [0.5, 0.6) is 0 Å². The first-order valence-electron chi connectivity index (χ1n) is 9.96. The van der Waals surface area contributed by atoms with E-state index in [2.05, 4.69) is 6.92 Å². The number of aryl methyl sites for hydroxylation is 1. The van der Waals surface area contributed by atoms with Gasteiger partial charge in [0.15, 0.2) is 0 Å². The zero-order valence-electron chi connectivity index (χ0n) is 16.7. The molecule has 30 heavy (non-hydrogen) atoms. The lowest BCUT2D eigenvalue weighted by Gasteiger charge is -2.10. The Bertz CT molecular complexity index is 1260. The summed E-state index contributed by atoms with van der Waals surface area (Å²) < 4.78 is 38.9. The number of carboxylic acid groups (broad SMARTS) is 1. The molecule has 0 saturated carbocycles.